The Kier molecular flexibility index (Phi) is 5.53. The van der Waals surface area contributed by atoms with Crippen LogP contribution in [0.15, 0.2) is 94.1 Å². The van der Waals surface area contributed by atoms with Gasteiger partial charge in [0.25, 0.3) is 0 Å². The Morgan fingerprint density at radius 2 is 1.57 bits per heavy atom. The van der Waals surface area contributed by atoms with Crippen LogP contribution < -0.4 is 10.1 Å². The van der Waals surface area contributed by atoms with Crippen molar-refractivity contribution in [2.75, 3.05) is 0 Å². The zero-order valence-electron chi connectivity index (χ0n) is 20.4. The summed E-state index contributed by atoms with van der Waals surface area (Å²) in [7, 11) is 0. The molecule has 3 aliphatic rings. The summed E-state index contributed by atoms with van der Waals surface area (Å²) >= 11 is 3.36. The lowest BCUT2D eigenvalue weighted by molar-refractivity contribution is -0.118. The molecule has 0 amide bonds. The number of dihydropyridines is 1. The third kappa shape index (κ3) is 4.05. The van der Waals surface area contributed by atoms with E-state index >= 15 is 0 Å². The number of hydrogen-bond acceptors (Lipinski definition) is 5. The molecule has 0 bridgehead atoms. The molecule has 2 aliphatic carbocycles. The van der Waals surface area contributed by atoms with Crippen molar-refractivity contribution in [3.8, 4) is 5.75 Å². The number of benzene rings is 3. The third-order valence-electron chi connectivity index (χ3n) is 7.23. The van der Waals surface area contributed by atoms with E-state index in [1.807, 2.05) is 36.4 Å². The Bertz CT molecular complexity index is 1540. The van der Waals surface area contributed by atoms with E-state index in [0.29, 0.717) is 34.4 Å². The summed E-state index contributed by atoms with van der Waals surface area (Å²) in [5.74, 6) is -0.539. The van der Waals surface area contributed by atoms with E-state index in [1.54, 1.807) is 36.4 Å². The SMILES string of the molecule is CC1(C)CC(=O)C2=C(C1)NC1=C(C(=O)c3ccccc31)[C@H]2c1ccc(OC(=O)c2ccc(Br)cc2)cc1. The number of ketones is 2. The number of allylic oxidation sites excluding steroid dienone is 3. The second-order valence-electron chi connectivity index (χ2n) is 10.5. The van der Waals surface area contributed by atoms with E-state index in [9.17, 15) is 14.4 Å². The summed E-state index contributed by atoms with van der Waals surface area (Å²) in [6.07, 6.45) is 1.15. The number of ether oxygens (including phenoxy) is 1. The van der Waals surface area contributed by atoms with Crippen LogP contribution in [0.2, 0.25) is 0 Å². The second-order valence-corrected chi connectivity index (χ2v) is 11.4. The van der Waals surface area contributed by atoms with Gasteiger partial charge in [-0.3, -0.25) is 9.59 Å². The molecule has 1 N–H and O–H groups in total. The quantitative estimate of drug-likeness (QED) is 0.292. The van der Waals surface area contributed by atoms with E-state index < -0.39 is 11.9 Å². The van der Waals surface area contributed by atoms with E-state index in [-0.39, 0.29) is 17.0 Å². The van der Waals surface area contributed by atoms with Gasteiger partial charge >= 0.3 is 5.97 Å². The van der Waals surface area contributed by atoms with Gasteiger partial charge in [-0.1, -0.05) is 66.2 Å². The van der Waals surface area contributed by atoms with Crippen molar-refractivity contribution in [2.24, 2.45) is 5.41 Å². The van der Waals surface area contributed by atoms with Gasteiger partial charge in [0.15, 0.2) is 11.6 Å². The number of carbonyl (C=O) groups is 3. The molecule has 0 spiro atoms. The maximum absolute atomic E-state index is 13.6. The lowest BCUT2D eigenvalue weighted by Gasteiger charge is -2.39. The number of fused-ring (bicyclic) bond motifs is 2. The van der Waals surface area contributed by atoms with E-state index in [0.717, 1.165) is 33.4 Å². The van der Waals surface area contributed by atoms with Crippen LogP contribution in [-0.2, 0) is 4.79 Å². The average molecular weight is 554 g/mol. The number of halogens is 1. The van der Waals surface area contributed by atoms with Crippen LogP contribution in [0, 0.1) is 5.41 Å². The summed E-state index contributed by atoms with van der Waals surface area (Å²) in [5, 5.41) is 3.49. The minimum atomic E-state index is -0.481. The fourth-order valence-corrected chi connectivity index (χ4v) is 5.87. The van der Waals surface area contributed by atoms with Gasteiger partial charge in [-0.25, -0.2) is 4.79 Å². The van der Waals surface area contributed by atoms with Crippen LogP contribution in [0.4, 0.5) is 0 Å². The molecule has 0 unspecified atom stereocenters. The molecule has 3 aromatic rings. The minimum Gasteiger partial charge on any atom is -0.423 e. The topological polar surface area (TPSA) is 72.5 Å². The molecule has 1 atom stereocenters. The first kappa shape index (κ1) is 23.6. The van der Waals surface area contributed by atoms with Crippen molar-refractivity contribution in [1.29, 1.82) is 0 Å². The smallest absolute Gasteiger partial charge is 0.343 e. The van der Waals surface area contributed by atoms with E-state index in [4.69, 9.17) is 4.74 Å². The van der Waals surface area contributed by atoms with Crippen LogP contribution in [0.3, 0.4) is 0 Å². The fraction of sp³-hybridized carbons (Fsp3) is 0.194. The molecule has 0 saturated heterocycles. The Balaban J connectivity index is 1.39. The van der Waals surface area contributed by atoms with E-state index in [1.165, 1.54) is 0 Å². The highest BCUT2D eigenvalue weighted by molar-refractivity contribution is 9.10. The summed E-state index contributed by atoms with van der Waals surface area (Å²) in [4.78, 5) is 39.7. The minimum absolute atomic E-state index is 0.0574. The predicted octanol–water partition coefficient (Wildman–Crippen LogP) is 6.61. The average Bonchev–Trinajstić information content (AvgIpc) is 3.15. The van der Waals surface area contributed by atoms with Gasteiger partial charge in [-0.15, -0.1) is 0 Å². The molecule has 3 aromatic carbocycles. The molecule has 1 aliphatic heterocycles. The first-order valence-corrected chi connectivity index (χ1v) is 13.0. The molecule has 6 rings (SSSR count). The first-order chi connectivity index (χ1) is 17.7. The predicted molar refractivity (Wildman–Crippen MR) is 144 cm³/mol. The monoisotopic (exact) mass is 553 g/mol. The van der Waals surface area contributed by atoms with Gasteiger partial charge in [0, 0.05) is 44.8 Å². The van der Waals surface area contributed by atoms with Crippen LogP contribution in [-0.4, -0.2) is 17.5 Å². The Morgan fingerprint density at radius 3 is 2.27 bits per heavy atom. The van der Waals surface area contributed by atoms with Crippen molar-refractivity contribution in [2.45, 2.75) is 32.6 Å². The van der Waals surface area contributed by atoms with Gasteiger partial charge in [-0.2, -0.15) is 0 Å². The zero-order valence-corrected chi connectivity index (χ0v) is 22.0. The molecule has 0 fully saturated rings. The Morgan fingerprint density at radius 1 is 0.892 bits per heavy atom. The molecule has 0 saturated carbocycles. The maximum Gasteiger partial charge on any atom is 0.343 e. The molecular weight excluding hydrogens is 530 g/mol. The van der Waals surface area contributed by atoms with Gasteiger partial charge in [0.1, 0.15) is 5.75 Å². The molecule has 37 heavy (non-hydrogen) atoms. The lowest BCUT2D eigenvalue weighted by Crippen LogP contribution is -2.37. The number of nitrogens with one attached hydrogen (secondary N) is 1. The van der Waals surface area contributed by atoms with Crippen LogP contribution in [0.1, 0.15) is 64.4 Å². The molecular formula is C31H24BrNO4. The molecule has 184 valence electrons. The van der Waals surface area contributed by atoms with Crippen LogP contribution in [0.25, 0.3) is 5.70 Å². The molecule has 1 heterocycles. The van der Waals surface area contributed by atoms with E-state index in [2.05, 4.69) is 35.1 Å². The summed E-state index contributed by atoms with van der Waals surface area (Å²) in [6, 6.07) is 21.7. The number of esters is 1. The summed E-state index contributed by atoms with van der Waals surface area (Å²) < 4.78 is 6.45. The van der Waals surface area contributed by atoms with Gasteiger partial charge in [0.2, 0.25) is 0 Å². The van der Waals surface area contributed by atoms with Gasteiger partial charge in [-0.05, 0) is 53.8 Å². The standard InChI is InChI=1S/C31H24BrNO4/c1-31(2)15-23-26(24(34)16-31)25(27-28(33-23)21-5-3-4-6-22(21)29(27)35)17-9-13-20(14-10-17)37-30(36)18-7-11-19(32)12-8-18/h3-14,25,33H,15-16H2,1-2H3/t25-/m0/s1. The first-order valence-electron chi connectivity index (χ1n) is 12.2. The Hall–Kier alpha value is -3.77. The Labute approximate surface area is 223 Å². The van der Waals surface area contributed by atoms with Crippen molar-refractivity contribution < 1.29 is 19.1 Å². The second kappa shape index (κ2) is 8.67. The maximum atomic E-state index is 13.6. The van der Waals surface area contributed by atoms with Crippen LogP contribution >= 0.6 is 15.9 Å². The van der Waals surface area contributed by atoms with Crippen molar-refractivity contribution in [3.63, 3.8) is 0 Å². The van der Waals surface area contributed by atoms with Crippen LogP contribution in [0.5, 0.6) is 5.75 Å². The number of carbonyl (C=O) groups excluding carboxylic acids is 3. The lowest BCUT2D eigenvalue weighted by atomic mass is 9.68. The number of hydrogen-bond donors (Lipinski definition) is 1. The molecule has 0 radical (unpaired) electrons. The zero-order chi connectivity index (χ0) is 25.9. The van der Waals surface area contributed by atoms with Crippen molar-refractivity contribution >= 4 is 39.2 Å². The third-order valence-corrected chi connectivity index (χ3v) is 7.76. The summed E-state index contributed by atoms with van der Waals surface area (Å²) in [6.45, 7) is 4.19. The fourth-order valence-electron chi connectivity index (χ4n) is 5.60. The van der Waals surface area contributed by atoms with Gasteiger partial charge < -0.3 is 10.1 Å². The number of rotatable bonds is 3. The highest BCUT2D eigenvalue weighted by Gasteiger charge is 2.46. The largest absolute Gasteiger partial charge is 0.423 e. The number of Topliss-reactive ketones (excluding diaryl/α,β-unsaturated/α-hetero) is 2. The van der Waals surface area contributed by atoms with Crippen molar-refractivity contribution in [1.82, 2.24) is 5.32 Å². The molecule has 5 nitrogen and oxygen atoms in total. The summed E-state index contributed by atoms with van der Waals surface area (Å²) in [5.41, 5.74) is 5.57. The molecule has 6 heteroatoms. The highest BCUT2D eigenvalue weighted by atomic mass is 79.9. The molecule has 0 aromatic heterocycles. The van der Waals surface area contributed by atoms with Crippen molar-refractivity contribution in [3.05, 3.63) is 116 Å². The highest BCUT2D eigenvalue weighted by Crippen LogP contribution is 2.51. The van der Waals surface area contributed by atoms with Gasteiger partial charge in [0.05, 0.1) is 11.3 Å². The normalized spacial score (nSPS) is 19.7.